The van der Waals surface area contributed by atoms with Crippen molar-refractivity contribution in [1.29, 1.82) is 0 Å². The number of amides is 4. The van der Waals surface area contributed by atoms with E-state index in [0.717, 1.165) is 26.7 Å². The van der Waals surface area contributed by atoms with Gasteiger partial charge in [0, 0.05) is 36.6 Å². The average Bonchev–Trinajstić information content (AvgIpc) is 3.78. The van der Waals surface area contributed by atoms with E-state index in [-0.39, 0.29) is 36.5 Å². The zero-order valence-electron chi connectivity index (χ0n) is 28.9. The molecule has 0 aliphatic rings. The highest BCUT2D eigenvalue weighted by Gasteiger charge is 2.28. The molecule has 0 saturated heterocycles. The van der Waals surface area contributed by atoms with E-state index in [1.165, 1.54) is 11.3 Å². The summed E-state index contributed by atoms with van der Waals surface area (Å²) in [4.78, 5) is 51.1. The zero-order valence-corrected chi connectivity index (χ0v) is 30.6. The van der Waals surface area contributed by atoms with E-state index < -0.39 is 12.1 Å². The zero-order chi connectivity index (χ0) is 35.2. The van der Waals surface area contributed by atoms with Crippen LogP contribution in [0.1, 0.15) is 73.2 Å². The lowest BCUT2D eigenvalue weighted by Crippen LogP contribution is -2.54. The molecule has 262 valence electrons. The maximum atomic E-state index is 13.8. The Labute approximate surface area is 297 Å². The molecular weight excluding hydrogens is 657 g/mol. The summed E-state index contributed by atoms with van der Waals surface area (Å²) >= 11 is 3.02. The van der Waals surface area contributed by atoms with E-state index in [0.29, 0.717) is 38.1 Å². The van der Waals surface area contributed by atoms with Crippen molar-refractivity contribution in [1.82, 2.24) is 30.8 Å². The van der Waals surface area contributed by atoms with Crippen LogP contribution < -0.4 is 16.0 Å². The van der Waals surface area contributed by atoms with Gasteiger partial charge < -0.3 is 25.6 Å². The highest BCUT2D eigenvalue weighted by atomic mass is 32.1. The van der Waals surface area contributed by atoms with Crippen molar-refractivity contribution in [3.63, 3.8) is 0 Å². The second kappa shape index (κ2) is 19.0. The largest absolute Gasteiger partial charge is 0.444 e. The van der Waals surface area contributed by atoms with Gasteiger partial charge in [-0.15, -0.1) is 22.7 Å². The van der Waals surface area contributed by atoms with Crippen LogP contribution in [0.4, 0.5) is 9.59 Å². The lowest BCUT2D eigenvalue weighted by Gasteiger charge is -2.28. The first-order chi connectivity index (χ1) is 23.6. The monoisotopic (exact) mass is 704 g/mol. The fourth-order valence-corrected chi connectivity index (χ4v) is 6.68. The number of nitrogens with one attached hydrogen (secondary N) is 3. The number of alkyl carbamates (subject to hydrolysis) is 1. The van der Waals surface area contributed by atoms with Crippen LogP contribution in [-0.4, -0.2) is 58.1 Å². The molecule has 2 aromatic carbocycles. The topological polar surface area (TPSA) is 126 Å². The van der Waals surface area contributed by atoms with Gasteiger partial charge in [0.2, 0.25) is 5.91 Å². The van der Waals surface area contributed by atoms with Gasteiger partial charge in [-0.25, -0.2) is 14.6 Å². The van der Waals surface area contributed by atoms with Crippen LogP contribution >= 0.6 is 22.7 Å². The molecule has 0 radical (unpaired) electrons. The molecule has 0 aliphatic carbocycles. The third kappa shape index (κ3) is 12.6. The van der Waals surface area contributed by atoms with Crippen molar-refractivity contribution in [2.45, 2.75) is 90.6 Å². The predicted octanol–water partition coefficient (Wildman–Crippen LogP) is 6.93. The molecule has 0 fully saturated rings. The van der Waals surface area contributed by atoms with Crippen LogP contribution in [-0.2, 0) is 35.5 Å². The third-order valence-corrected chi connectivity index (χ3v) is 10.00. The normalized spacial score (nSPS) is 13.0. The Kier molecular flexibility index (Phi) is 14.6. The van der Waals surface area contributed by atoms with Crippen LogP contribution in [0.5, 0.6) is 0 Å². The number of hydrogen-bond acceptors (Lipinski definition) is 8. The molecular formula is C37H48N6O4S2. The molecule has 4 amide bonds. The first-order valence-corrected chi connectivity index (χ1v) is 18.5. The minimum absolute atomic E-state index is 0.151. The van der Waals surface area contributed by atoms with Gasteiger partial charge in [0.1, 0.15) is 12.6 Å². The molecule has 3 atom stereocenters. The van der Waals surface area contributed by atoms with Gasteiger partial charge >= 0.3 is 12.1 Å². The average molecular weight is 705 g/mol. The number of nitrogens with zero attached hydrogens (tertiary/aromatic N) is 3. The Morgan fingerprint density at radius 3 is 1.98 bits per heavy atom. The van der Waals surface area contributed by atoms with Crippen LogP contribution in [0.25, 0.3) is 0 Å². The second-order valence-electron chi connectivity index (χ2n) is 12.9. The molecule has 12 heteroatoms. The van der Waals surface area contributed by atoms with Crippen LogP contribution in [0.2, 0.25) is 0 Å². The number of aromatic nitrogens is 2. The minimum Gasteiger partial charge on any atom is -0.444 e. The first kappa shape index (κ1) is 37.5. The SMILES string of the molecule is CC(C)c1nc(CN(C)C(=O)N[C@H](C(=O)NC(CC[C@H](Cc2ccccc2)NC(=O)OCc2cncs2)Cc2ccccc2)C(C)C)cs1. The Balaban J connectivity index is 1.43. The van der Waals surface area contributed by atoms with Crippen molar-refractivity contribution in [3.8, 4) is 0 Å². The molecule has 0 spiro atoms. The fraction of sp³-hybridized carbons (Fsp3) is 0.432. The van der Waals surface area contributed by atoms with Gasteiger partial charge in [-0.3, -0.25) is 9.78 Å². The highest BCUT2D eigenvalue weighted by molar-refractivity contribution is 7.09. The van der Waals surface area contributed by atoms with Crippen molar-refractivity contribution < 1.29 is 19.1 Å². The Morgan fingerprint density at radius 2 is 1.45 bits per heavy atom. The number of hydrogen-bond donors (Lipinski definition) is 3. The van der Waals surface area contributed by atoms with E-state index in [2.05, 4.69) is 39.8 Å². The van der Waals surface area contributed by atoms with Gasteiger partial charge in [-0.2, -0.15) is 0 Å². The Morgan fingerprint density at radius 1 is 0.837 bits per heavy atom. The molecule has 10 nitrogen and oxygen atoms in total. The standard InChI is InChI=1S/C37H48N6O4S2/c1-25(2)33(42-36(45)43(5)21-31-23-48-35(40-31)26(3)4)34(44)39-29(18-27-12-8-6-9-13-27)16-17-30(19-28-14-10-7-11-15-28)41-37(46)47-22-32-20-38-24-49-32/h6-15,20,23-26,29-30,33H,16-19,21-22H2,1-5H3,(H,39,44)(H,41,46)(H,42,45)/t29?,30-,33+/m1/s1. The first-order valence-electron chi connectivity index (χ1n) is 16.7. The van der Waals surface area contributed by atoms with Crippen LogP contribution in [0.15, 0.2) is 77.8 Å². The summed E-state index contributed by atoms with van der Waals surface area (Å²) in [7, 11) is 1.71. The molecule has 1 unspecified atom stereocenters. The highest BCUT2D eigenvalue weighted by Crippen LogP contribution is 2.20. The van der Waals surface area contributed by atoms with Crippen molar-refractivity contribution in [2.75, 3.05) is 7.05 Å². The lowest BCUT2D eigenvalue weighted by molar-refractivity contribution is -0.124. The number of thiazole rings is 2. The summed E-state index contributed by atoms with van der Waals surface area (Å²) in [5.41, 5.74) is 4.70. The van der Waals surface area contributed by atoms with Gasteiger partial charge in [-0.1, -0.05) is 88.4 Å². The Hall–Kier alpha value is -4.29. The molecule has 3 N–H and O–H groups in total. The molecule has 49 heavy (non-hydrogen) atoms. The molecule has 0 bridgehead atoms. The number of urea groups is 1. The van der Waals surface area contributed by atoms with Gasteiger partial charge in [-0.05, 0) is 42.7 Å². The smallest absolute Gasteiger partial charge is 0.407 e. The molecule has 0 aliphatic heterocycles. The van der Waals surface area contributed by atoms with Crippen molar-refractivity contribution in [2.24, 2.45) is 5.92 Å². The number of rotatable bonds is 17. The van der Waals surface area contributed by atoms with E-state index in [4.69, 9.17) is 4.74 Å². The summed E-state index contributed by atoms with van der Waals surface area (Å²) in [6.07, 6.45) is 3.58. The number of benzene rings is 2. The van der Waals surface area contributed by atoms with Gasteiger partial charge in [0.05, 0.1) is 27.6 Å². The van der Waals surface area contributed by atoms with E-state index in [9.17, 15) is 14.4 Å². The minimum atomic E-state index is -0.741. The van der Waals surface area contributed by atoms with E-state index in [1.54, 1.807) is 35.0 Å². The van der Waals surface area contributed by atoms with Crippen LogP contribution in [0.3, 0.4) is 0 Å². The number of carbonyl (C=O) groups excluding carboxylic acids is 3. The fourth-order valence-electron chi connectivity index (χ4n) is 5.35. The van der Waals surface area contributed by atoms with E-state index in [1.807, 2.05) is 79.9 Å². The van der Waals surface area contributed by atoms with Gasteiger partial charge in [0.25, 0.3) is 0 Å². The lowest BCUT2D eigenvalue weighted by atomic mass is 9.95. The maximum absolute atomic E-state index is 13.8. The quantitative estimate of drug-likeness (QED) is 0.109. The second-order valence-corrected chi connectivity index (χ2v) is 14.8. The molecule has 4 rings (SSSR count). The summed E-state index contributed by atoms with van der Waals surface area (Å²) in [5.74, 6) is -0.0737. The van der Waals surface area contributed by atoms with Crippen LogP contribution in [0, 0.1) is 5.92 Å². The number of ether oxygens (including phenoxy) is 1. The summed E-state index contributed by atoms with van der Waals surface area (Å²) < 4.78 is 5.49. The molecule has 4 aromatic rings. The molecule has 0 saturated carbocycles. The number of carbonyl (C=O) groups is 3. The predicted molar refractivity (Wildman–Crippen MR) is 196 cm³/mol. The summed E-state index contributed by atoms with van der Waals surface area (Å²) in [5, 5.41) is 12.3. The van der Waals surface area contributed by atoms with Crippen molar-refractivity contribution >= 4 is 40.7 Å². The third-order valence-electron chi connectivity index (χ3n) is 8.05. The van der Waals surface area contributed by atoms with E-state index >= 15 is 0 Å². The van der Waals surface area contributed by atoms with Gasteiger partial charge in [0.15, 0.2) is 0 Å². The summed E-state index contributed by atoms with van der Waals surface area (Å²) in [6.45, 7) is 8.53. The molecule has 2 aromatic heterocycles. The molecule has 2 heterocycles. The maximum Gasteiger partial charge on any atom is 0.407 e. The van der Waals surface area contributed by atoms with Crippen molar-refractivity contribution in [3.05, 3.63) is 104 Å². The summed E-state index contributed by atoms with van der Waals surface area (Å²) in [6, 6.07) is 18.4. The Bertz CT molecular complexity index is 1580.